The number of carbonyl (C=O) groups is 2. The van der Waals surface area contributed by atoms with E-state index in [0.29, 0.717) is 0 Å². The average Bonchev–Trinajstić information content (AvgIpc) is 2.41. The summed E-state index contributed by atoms with van der Waals surface area (Å²) in [6.45, 7) is 5.05. The highest BCUT2D eigenvalue weighted by molar-refractivity contribution is 5.90. The molecule has 0 spiro atoms. The molecule has 1 amide bonds. The third kappa shape index (κ3) is 5.93. The van der Waals surface area contributed by atoms with Crippen LogP contribution in [0.2, 0.25) is 0 Å². The van der Waals surface area contributed by atoms with Gasteiger partial charge in [0, 0.05) is 19.0 Å². The molecule has 0 saturated heterocycles. The van der Waals surface area contributed by atoms with Gasteiger partial charge in [-0.2, -0.15) is 0 Å². The first-order valence-electron chi connectivity index (χ1n) is 7.07. The van der Waals surface area contributed by atoms with Gasteiger partial charge >= 0.3 is 12.1 Å². The second kappa shape index (κ2) is 7.57. The Morgan fingerprint density at radius 1 is 1.30 bits per heavy atom. The second-order valence-corrected chi connectivity index (χ2v) is 5.88. The van der Waals surface area contributed by atoms with Crippen LogP contribution in [0.25, 0.3) is 0 Å². The van der Waals surface area contributed by atoms with Crippen LogP contribution in [0.15, 0.2) is 24.3 Å². The number of benzene rings is 1. The smallest absolute Gasteiger partial charge is 0.415 e. The summed E-state index contributed by atoms with van der Waals surface area (Å²) in [5, 5.41) is 19.9. The minimum absolute atomic E-state index is 0.00602. The quantitative estimate of drug-likeness (QED) is 0.635. The Kier molecular flexibility index (Phi) is 6.06. The number of hydrogen-bond acceptors (Lipinski definition) is 5. The lowest BCUT2D eigenvalue weighted by Gasteiger charge is -2.27. The molecule has 0 aromatic heterocycles. The molecule has 1 aromatic carbocycles. The number of hydrogen-bond donors (Lipinski definition) is 1. The number of carboxylic acids is 1. The van der Waals surface area contributed by atoms with Gasteiger partial charge in [-0.25, -0.2) is 4.79 Å². The van der Waals surface area contributed by atoms with Crippen LogP contribution in [0.5, 0.6) is 0 Å². The van der Waals surface area contributed by atoms with Gasteiger partial charge in [0.05, 0.1) is 4.92 Å². The predicted molar refractivity (Wildman–Crippen MR) is 83.5 cm³/mol. The van der Waals surface area contributed by atoms with Crippen molar-refractivity contribution in [1.82, 2.24) is 0 Å². The zero-order valence-corrected chi connectivity index (χ0v) is 13.3. The molecule has 0 atom stereocenters. The van der Waals surface area contributed by atoms with Crippen molar-refractivity contribution in [2.45, 2.75) is 39.2 Å². The van der Waals surface area contributed by atoms with Crippen molar-refractivity contribution in [3.63, 3.8) is 0 Å². The molecule has 0 bridgehead atoms. The molecular formula is C15H20N2O6. The number of nitro groups is 1. The van der Waals surface area contributed by atoms with Crippen molar-refractivity contribution in [2.75, 3.05) is 11.4 Å². The summed E-state index contributed by atoms with van der Waals surface area (Å²) in [5.41, 5.74) is -0.933. The van der Waals surface area contributed by atoms with Crippen LogP contribution >= 0.6 is 0 Å². The van der Waals surface area contributed by atoms with Gasteiger partial charge in [0.15, 0.2) is 0 Å². The van der Waals surface area contributed by atoms with Crippen molar-refractivity contribution < 1.29 is 24.4 Å². The van der Waals surface area contributed by atoms with Gasteiger partial charge in [-0.05, 0) is 33.3 Å². The van der Waals surface area contributed by atoms with Crippen LogP contribution < -0.4 is 4.90 Å². The Hall–Kier alpha value is -2.64. The van der Waals surface area contributed by atoms with Crippen molar-refractivity contribution in [2.24, 2.45) is 0 Å². The highest BCUT2D eigenvalue weighted by Crippen LogP contribution is 2.29. The highest BCUT2D eigenvalue weighted by atomic mass is 16.6. The largest absolute Gasteiger partial charge is 0.481 e. The maximum absolute atomic E-state index is 12.3. The first kappa shape index (κ1) is 18.4. The molecule has 0 heterocycles. The fraction of sp³-hybridized carbons (Fsp3) is 0.467. The zero-order valence-electron chi connectivity index (χ0n) is 13.3. The first-order chi connectivity index (χ1) is 10.6. The van der Waals surface area contributed by atoms with Crippen LogP contribution in [0.1, 0.15) is 33.6 Å². The Morgan fingerprint density at radius 3 is 2.43 bits per heavy atom. The summed E-state index contributed by atoms with van der Waals surface area (Å²) in [4.78, 5) is 34.7. The first-order valence-corrected chi connectivity index (χ1v) is 7.07. The number of para-hydroxylation sites is 2. The van der Waals surface area contributed by atoms with E-state index in [4.69, 9.17) is 9.84 Å². The molecule has 0 unspecified atom stereocenters. The van der Waals surface area contributed by atoms with Gasteiger partial charge in [-0.3, -0.25) is 19.8 Å². The molecule has 0 aliphatic carbocycles. The van der Waals surface area contributed by atoms with Gasteiger partial charge in [-0.1, -0.05) is 12.1 Å². The van der Waals surface area contributed by atoms with Gasteiger partial charge in [0.25, 0.3) is 5.69 Å². The van der Waals surface area contributed by atoms with Gasteiger partial charge in [-0.15, -0.1) is 0 Å². The lowest BCUT2D eigenvalue weighted by molar-refractivity contribution is -0.384. The summed E-state index contributed by atoms with van der Waals surface area (Å²) in [6.07, 6.45) is -0.752. The monoisotopic (exact) mass is 324 g/mol. The number of rotatable bonds is 6. The van der Waals surface area contributed by atoms with E-state index in [0.717, 1.165) is 4.90 Å². The molecule has 0 aliphatic rings. The maximum Gasteiger partial charge on any atom is 0.415 e. The standard InChI is InChI=1S/C15H20N2O6/c1-15(2,3)23-14(20)16(10-6-9-13(18)19)11-7-4-5-8-12(11)17(21)22/h4-5,7-8H,6,9-10H2,1-3H3,(H,18,19). The molecule has 23 heavy (non-hydrogen) atoms. The lowest BCUT2D eigenvalue weighted by atomic mass is 10.2. The number of aliphatic carboxylic acids is 1. The van der Waals surface area contributed by atoms with Crippen LogP contribution in [-0.2, 0) is 9.53 Å². The van der Waals surface area contributed by atoms with Crippen molar-refractivity contribution in [3.8, 4) is 0 Å². The second-order valence-electron chi connectivity index (χ2n) is 5.88. The molecule has 8 nitrogen and oxygen atoms in total. The number of carboxylic acid groups (broad SMARTS) is 1. The van der Waals surface area contributed by atoms with Crippen molar-refractivity contribution in [1.29, 1.82) is 0 Å². The minimum Gasteiger partial charge on any atom is -0.481 e. The van der Waals surface area contributed by atoms with E-state index in [-0.39, 0.29) is 30.8 Å². The third-order valence-electron chi connectivity index (χ3n) is 2.76. The van der Waals surface area contributed by atoms with E-state index in [2.05, 4.69) is 0 Å². The lowest BCUT2D eigenvalue weighted by Crippen LogP contribution is -2.38. The molecular weight excluding hydrogens is 304 g/mol. The van der Waals surface area contributed by atoms with Crippen LogP contribution in [0.4, 0.5) is 16.2 Å². The van der Waals surface area contributed by atoms with Crippen molar-refractivity contribution in [3.05, 3.63) is 34.4 Å². The zero-order chi connectivity index (χ0) is 17.6. The Morgan fingerprint density at radius 2 is 1.91 bits per heavy atom. The maximum atomic E-state index is 12.3. The van der Waals surface area contributed by atoms with E-state index in [1.807, 2.05) is 0 Å². The highest BCUT2D eigenvalue weighted by Gasteiger charge is 2.28. The SMILES string of the molecule is CC(C)(C)OC(=O)N(CCCC(=O)O)c1ccccc1[N+](=O)[O-]. The molecule has 1 rings (SSSR count). The summed E-state index contributed by atoms with van der Waals surface area (Å²) < 4.78 is 5.26. The van der Waals surface area contributed by atoms with Gasteiger partial charge < -0.3 is 9.84 Å². The Balaban J connectivity index is 3.10. The van der Waals surface area contributed by atoms with E-state index in [1.54, 1.807) is 26.8 Å². The summed E-state index contributed by atoms with van der Waals surface area (Å²) in [7, 11) is 0. The minimum atomic E-state index is -1.00. The molecule has 0 fully saturated rings. The third-order valence-corrected chi connectivity index (χ3v) is 2.76. The van der Waals surface area contributed by atoms with E-state index in [1.165, 1.54) is 18.2 Å². The predicted octanol–water partition coefficient (Wildman–Crippen LogP) is 3.20. The van der Waals surface area contributed by atoms with Crippen LogP contribution in [0.3, 0.4) is 0 Å². The number of ether oxygens (including phenoxy) is 1. The summed E-state index contributed by atoms with van der Waals surface area (Å²) in [6, 6.07) is 5.77. The van der Waals surface area contributed by atoms with E-state index >= 15 is 0 Å². The fourth-order valence-electron chi connectivity index (χ4n) is 1.86. The fourth-order valence-corrected chi connectivity index (χ4v) is 1.86. The molecule has 0 saturated carbocycles. The van der Waals surface area contributed by atoms with E-state index in [9.17, 15) is 19.7 Å². The molecule has 8 heteroatoms. The Bertz CT molecular complexity index is 594. The molecule has 1 aromatic rings. The molecule has 126 valence electrons. The number of nitro benzene ring substituents is 1. The normalized spacial score (nSPS) is 10.9. The Labute approximate surface area is 133 Å². The average molecular weight is 324 g/mol. The number of anilines is 1. The van der Waals surface area contributed by atoms with Gasteiger partial charge in [0.1, 0.15) is 11.3 Å². The topological polar surface area (TPSA) is 110 Å². The number of carbonyl (C=O) groups excluding carboxylic acids is 1. The van der Waals surface area contributed by atoms with Gasteiger partial charge in [0.2, 0.25) is 0 Å². The summed E-state index contributed by atoms with van der Waals surface area (Å²) >= 11 is 0. The van der Waals surface area contributed by atoms with Crippen LogP contribution in [-0.4, -0.2) is 34.2 Å². The molecule has 0 aliphatic heterocycles. The van der Waals surface area contributed by atoms with Crippen LogP contribution in [0, 0.1) is 10.1 Å². The number of amides is 1. The summed E-state index contributed by atoms with van der Waals surface area (Å²) in [5.74, 6) is -1.00. The van der Waals surface area contributed by atoms with E-state index < -0.39 is 22.6 Å². The molecule has 0 radical (unpaired) electrons. The molecule has 1 N–H and O–H groups in total. The number of nitrogens with zero attached hydrogens (tertiary/aromatic N) is 2. The van der Waals surface area contributed by atoms with Crippen molar-refractivity contribution >= 4 is 23.4 Å².